The highest BCUT2D eigenvalue weighted by Gasteiger charge is 2.61. The minimum atomic E-state index is -4.01. The summed E-state index contributed by atoms with van der Waals surface area (Å²) in [5.74, 6) is -1.75. The van der Waals surface area contributed by atoms with E-state index in [1.54, 1.807) is 20.8 Å². The Morgan fingerprint density at radius 2 is 1.90 bits per heavy atom. The molecule has 10 nitrogen and oxygen atoms in total. The van der Waals surface area contributed by atoms with Gasteiger partial charge in [0.2, 0.25) is 5.91 Å². The van der Waals surface area contributed by atoms with Gasteiger partial charge < -0.3 is 10.1 Å². The quantitative estimate of drug-likeness (QED) is 0.587. The zero-order valence-corrected chi connectivity index (χ0v) is 18.3. The van der Waals surface area contributed by atoms with Crippen LogP contribution in [0.5, 0.6) is 0 Å². The Hall–Kier alpha value is -2.14. The van der Waals surface area contributed by atoms with Crippen LogP contribution in [0.3, 0.4) is 0 Å². The van der Waals surface area contributed by atoms with E-state index in [2.05, 4.69) is 11.9 Å². The molecule has 2 rings (SSSR count). The smallest absolute Gasteiger partial charge is 0.410 e. The van der Waals surface area contributed by atoms with Gasteiger partial charge in [0.25, 0.3) is 5.91 Å². The van der Waals surface area contributed by atoms with Crippen molar-refractivity contribution in [2.24, 2.45) is 5.92 Å². The number of amides is 3. The van der Waals surface area contributed by atoms with E-state index in [9.17, 15) is 22.8 Å². The lowest BCUT2D eigenvalue weighted by Gasteiger charge is -2.29. The van der Waals surface area contributed by atoms with Gasteiger partial charge in [0, 0.05) is 26.6 Å². The Morgan fingerprint density at radius 1 is 1.28 bits per heavy atom. The topological polar surface area (TPSA) is 125 Å². The van der Waals surface area contributed by atoms with Gasteiger partial charge in [0.1, 0.15) is 17.2 Å². The number of nitrogens with one attached hydrogen (secondary N) is 2. The molecule has 29 heavy (non-hydrogen) atoms. The highest BCUT2D eigenvalue weighted by atomic mass is 32.2. The molecule has 11 heteroatoms. The number of carbonyl (C=O) groups is 3. The van der Waals surface area contributed by atoms with E-state index in [0.717, 1.165) is 4.31 Å². The molecule has 2 aliphatic rings. The summed E-state index contributed by atoms with van der Waals surface area (Å²) < 4.78 is 32.2. The molecular weight excluding hydrogens is 400 g/mol. The summed E-state index contributed by atoms with van der Waals surface area (Å²) in [6, 6.07) is -0.786. The second-order valence-electron chi connectivity index (χ2n) is 8.56. The van der Waals surface area contributed by atoms with Crippen molar-refractivity contribution in [1.82, 2.24) is 19.2 Å². The molecular formula is C18H30N4O6S. The van der Waals surface area contributed by atoms with E-state index in [-0.39, 0.29) is 6.42 Å². The van der Waals surface area contributed by atoms with Crippen molar-refractivity contribution in [2.75, 3.05) is 20.6 Å². The summed E-state index contributed by atoms with van der Waals surface area (Å²) in [5, 5.41) is 2.66. The van der Waals surface area contributed by atoms with Crippen LogP contribution in [0, 0.1) is 5.92 Å². The number of hydrogen-bond donors (Lipinski definition) is 2. The van der Waals surface area contributed by atoms with Gasteiger partial charge in [-0.05, 0) is 40.0 Å². The number of hydrogen-bond acceptors (Lipinski definition) is 6. The fourth-order valence-corrected chi connectivity index (χ4v) is 3.81. The maximum atomic E-state index is 12.9. The number of ether oxygens (including phenoxy) is 1. The van der Waals surface area contributed by atoms with Gasteiger partial charge >= 0.3 is 16.3 Å². The van der Waals surface area contributed by atoms with Gasteiger partial charge in [-0.2, -0.15) is 12.7 Å². The molecule has 0 radical (unpaired) electrons. The van der Waals surface area contributed by atoms with Gasteiger partial charge in [-0.15, -0.1) is 6.58 Å². The predicted molar refractivity (Wildman–Crippen MR) is 106 cm³/mol. The standard InChI is InChI=1S/C18H30N4O6S/c1-7-12-11-18(12,15(24)20-29(26,27)21(5)6)19-14(23)13-9-8-10-22(13)16(25)28-17(2,3)4/h7,12-13H,1,8-11H2,2-6H3,(H,19,23)(H,20,24)/t12-,13+,18-/m1/s1. The van der Waals surface area contributed by atoms with E-state index in [0.29, 0.717) is 19.4 Å². The fraction of sp³-hybridized carbons (Fsp3) is 0.722. The summed E-state index contributed by atoms with van der Waals surface area (Å²) in [6.45, 7) is 9.22. The first-order chi connectivity index (χ1) is 13.2. The molecule has 164 valence electrons. The van der Waals surface area contributed by atoms with Gasteiger partial charge in [-0.1, -0.05) is 6.08 Å². The largest absolute Gasteiger partial charge is 0.444 e. The number of nitrogens with zero attached hydrogens (tertiary/aromatic N) is 2. The van der Waals surface area contributed by atoms with E-state index in [1.165, 1.54) is 25.1 Å². The van der Waals surface area contributed by atoms with Crippen molar-refractivity contribution < 1.29 is 27.5 Å². The Morgan fingerprint density at radius 3 is 2.38 bits per heavy atom. The monoisotopic (exact) mass is 430 g/mol. The number of likely N-dealkylation sites (tertiary alicyclic amines) is 1. The minimum Gasteiger partial charge on any atom is -0.444 e. The summed E-state index contributed by atoms with van der Waals surface area (Å²) in [4.78, 5) is 39.4. The Balaban J connectivity index is 2.14. The molecule has 1 aliphatic carbocycles. The Bertz CT molecular complexity index is 804. The summed E-state index contributed by atoms with van der Waals surface area (Å²) in [7, 11) is -1.43. The molecule has 0 unspecified atom stereocenters. The first-order valence-corrected chi connectivity index (χ1v) is 10.9. The molecule has 1 heterocycles. The lowest BCUT2D eigenvalue weighted by Crippen LogP contribution is -2.57. The molecule has 1 saturated heterocycles. The van der Waals surface area contributed by atoms with Crippen LogP contribution < -0.4 is 10.0 Å². The van der Waals surface area contributed by atoms with Crippen LogP contribution in [-0.2, 0) is 24.5 Å². The van der Waals surface area contributed by atoms with Crippen LogP contribution in [0.4, 0.5) is 4.79 Å². The van der Waals surface area contributed by atoms with E-state index in [4.69, 9.17) is 4.74 Å². The molecule has 0 spiro atoms. The van der Waals surface area contributed by atoms with Crippen molar-refractivity contribution in [3.63, 3.8) is 0 Å². The number of rotatable bonds is 6. The zero-order chi connectivity index (χ0) is 22.2. The summed E-state index contributed by atoms with van der Waals surface area (Å²) >= 11 is 0. The fourth-order valence-electron chi connectivity index (χ4n) is 3.22. The zero-order valence-electron chi connectivity index (χ0n) is 17.5. The molecule has 2 N–H and O–H groups in total. The summed E-state index contributed by atoms with van der Waals surface area (Å²) in [6.07, 6.45) is 2.19. The number of carbonyl (C=O) groups excluding carboxylic acids is 3. The van der Waals surface area contributed by atoms with Gasteiger partial charge in [0.15, 0.2) is 0 Å². The Kier molecular flexibility index (Phi) is 6.34. The SMILES string of the molecule is C=C[C@@H]1C[C@]1(NC(=O)[C@@H]1CCCN1C(=O)OC(C)(C)C)C(=O)NS(=O)(=O)N(C)C. The second-order valence-corrected chi connectivity index (χ2v) is 10.4. The molecule has 1 aliphatic heterocycles. The maximum absolute atomic E-state index is 12.9. The summed E-state index contributed by atoms with van der Waals surface area (Å²) in [5.41, 5.74) is -2.10. The van der Waals surface area contributed by atoms with Gasteiger partial charge in [-0.25, -0.2) is 9.52 Å². The third kappa shape index (κ3) is 5.08. The highest BCUT2D eigenvalue weighted by molar-refractivity contribution is 7.87. The van der Waals surface area contributed by atoms with Crippen LogP contribution in [0.15, 0.2) is 12.7 Å². The van der Waals surface area contributed by atoms with Crippen LogP contribution in [0.25, 0.3) is 0 Å². The average molecular weight is 431 g/mol. The third-order valence-electron chi connectivity index (χ3n) is 4.94. The van der Waals surface area contributed by atoms with Gasteiger partial charge in [0.05, 0.1) is 0 Å². The minimum absolute atomic E-state index is 0.232. The first kappa shape index (κ1) is 23.1. The lowest BCUT2D eigenvalue weighted by atomic mass is 10.1. The van der Waals surface area contributed by atoms with E-state index >= 15 is 0 Å². The van der Waals surface area contributed by atoms with E-state index in [1.807, 2.05) is 4.72 Å². The molecule has 2 fully saturated rings. The lowest BCUT2D eigenvalue weighted by molar-refractivity contribution is -0.131. The molecule has 0 aromatic heterocycles. The molecule has 3 amide bonds. The average Bonchev–Trinajstić information content (AvgIpc) is 3.06. The van der Waals surface area contributed by atoms with E-state index < -0.39 is 51.2 Å². The molecule has 0 aromatic rings. The van der Waals surface area contributed by atoms with Gasteiger partial charge in [-0.3, -0.25) is 14.5 Å². The van der Waals surface area contributed by atoms with Crippen molar-refractivity contribution in [2.45, 2.75) is 57.2 Å². The molecule has 1 saturated carbocycles. The van der Waals surface area contributed by atoms with Crippen molar-refractivity contribution in [1.29, 1.82) is 0 Å². The van der Waals surface area contributed by atoms with Crippen molar-refractivity contribution >= 4 is 28.1 Å². The molecule has 3 atom stereocenters. The predicted octanol–water partition coefficient (Wildman–Crippen LogP) is 0.369. The van der Waals surface area contributed by atoms with Crippen LogP contribution in [0.1, 0.15) is 40.0 Å². The third-order valence-corrected chi connectivity index (χ3v) is 6.34. The van der Waals surface area contributed by atoms with Crippen molar-refractivity contribution in [3.8, 4) is 0 Å². The molecule has 0 bridgehead atoms. The molecule has 0 aromatic carbocycles. The van der Waals surface area contributed by atoms with Crippen molar-refractivity contribution in [3.05, 3.63) is 12.7 Å². The van der Waals surface area contributed by atoms with Crippen LogP contribution >= 0.6 is 0 Å². The maximum Gasteiger partial charge on any atom is 0.410 e. The second kappa shape index (κ2) is 7.94. The highest BCUT2D eigenvalue weighted by Crippen LogP contribution is 2.45. The van der Waals surface area contributed by atoms with Crippen LogP contribution in [0.2, 0.25) is 0 Å². The van der Waals surface area contributed by atoms with Crippen LogP contribution in [-0.4, -0.2) is 73.4 Å². The first-order valence-electron chi connectivity index (χ1n) is 9.42. The Labute approximate surface area is 171 Å². The normalized spacial score (nSPS) is 26.8.